The van der Waals surface area contributed by atoms with Crippen LogP contribution in [0.2, 0.25) is 0 Å². The molecule has 2 aliphatic rings. The summed E-state index contributed by atoms with van der Waals surface area (Å²) in [6.07, 6.45) is 4.20. The van der Waals surface area contributed by atoms with E-state index in [0.717, 1.165) is 18.8 Å². The van der Waals surface area contributed by atoms with E-state index in [1.807, 2.05) is 35.2 Å². The zero-order valence-corrected chi connectivity index (χ0v) is 11.8. The van der Waals surface area contributed by atoms with E-state index in [2.05, 4.69) is 16.0 Å². The molecule has 0 atom stereocenters. The Kier molecular flexibility index (Phi) is 2.88. The lowest BCUT2D eigenvalue weighted by Gasteiger charge is -2.37. The minimum Gasteiger partial charge on any atom is -0.365 e. The lowest BCUT2D eigenvalue weighted by Crippen LogP contribution is -2.45. The van der Waals surface area contributed by atoms with Gasteiger partial charge in [0.15, 0.2) is 0 Å². The van der Waals surface area contributed by atoms with Crippen LogP contribution >= 0.6 is 0 Å². The van der Waals surface area contributed by atoms with E-state index in [9.17, 15) is 4.79 Å². The van der Waals surface area contributed by atoms with Gasteiger partial charge in [-0.1, -0.05) is 18.2 Å². The minimum absolute atomic E-state index is 0.0153. The highest BCUT2D eigenvalue weighted by atomic mass is 16.2. The SMILES string of the molecule is O=C(c1ccccn1)N1CCN(C2CC2)c2ccccc21. The maximum atomic E-state index is 12.7. The van der Waals surface area contributed by atoms with Crippen LogP contribution in [0.15, 0.2) is 48.7 Å². The number of amides is 1. The summed E-state index contributed by atoms with van der Waals surface area (Å²) < 4.78 is 0. The van der Waals surface area contributed by atoms with Crippen LogP contribution in [-0.4, -0.2) is 30.0 Å². The predicted molar refractivity (Wildman–Crippen MR) is 82.7 cm³/mol. The molecule has 4 heteroatoms. The number of aromatic nitrogens is 1. The number of hydrogen-bond acceptors (Lipinski definition) is 3. The van der Waals surface area contributed by atoms with Crippen LogP contribution in [0.1, 0.15) is 23.3 Å². The molecule has 4 nitrogen and oxygen atoms in total. The molecule has 1 aromatic carbocycles. The van der Waals surface area contributed by atoms with E-state index in [4.69, 9.17) is 0 Å². The number of carbonyl (C=O) groups is 1. The van der Waals surface area contributed by atoms with Crippen molar-refractivity contribution in [3.63, 3.8) is 0 Å². The molecule has 2 aromatic rings. The van der Waals surface area contributed by atoms with Crippen LogP contribution in [-0.2, 0) is 0 Å². The van der Waals surface area contributed by atoms with Crippen molar-refractivity contribution in [3.8, 4) is 0 Å². The number of hydrogen-bond donors (Lipinski definition) is 0. The fourth-order valence-corrected chi connectivity index (χ4v) is 2.99. The number of anilines is 2. The van der Waals surface area contributed by atoms with Gasteiger partial charge in [0, 0.05) is 25.3 Å². The maximum absolute atomic E-state index is 12.7. The first-order valence-electron chi connectivity index (χ1n) is 7.43. The topological polar surface area (TPSA) is 36.4 Å². The van der Waals surface area contributed by atoms with Gasteiger partial charge in [-0.15, -0.1) is 0 Å². The van der Waals surface area contributed by atoms with Crippen molar-refractivity contribution in [2.24, 2.45) is 0 Å². The first kappa shape index (κ1) is 12.4. The third kappa shape index (κ3) is 2.17. The average Bonchev–Trinajstić information content (AvgIpc) is 3.39. The van der Waals surface area contributed by atoms with E-state index in [0.29, 0.717) is 11.7 Å². The molecule has 1 aromatic heterocycles. The van der Waals surface area contributed by atoms with Gasteiger partial charge in [0.1, 0.15) is 5.69 Å². The van der Waals surface area contributed by atoms with Gasteiger partial charge in [-0.3, -0.25) is 9.78 Å². The molecule has 1 fully saturated rings. The Morgan fingerprint density at radius 1 is 1.00 bits per heavy atom. The van der Waals surface area contributed by atoms with Gasteiger partial charge in [-0.25, -0.2) is 0 Å². The monoisotopic (exact) mass is 279 g/mol. The number of rotatable bonds is 2. The zero-order chi connectivity index (χ0) is 14.2. The maximum Gasteiger partial charge on any atom is 0.276 e. The van der Waals surface area contributed by atoms with Crippen molar-refractivity contribution >= 4 is 17.3 Å². The Labute approximate surface area is 124 Å². The van der Waals surface area contributed by atoms with Crippen LogP contribution in [0.25, 0.3) is 0 Å². The highest BCUT2D eigenvalue weighted by Gasteiger charge is 2.35. The van der Waals surface area contributed by atoms with Crippen molar-refractivity contribution in [3.05, 3.63) is 54.4 Å². The number of carbonyl (C=O) groups excluding carboxylic acids is 1. The summed E-state index contributed by atoms with van der Waals surface area (Å²) in [6.45, 7) is 1.63. The Balaban J connectivity index is 1.71. The van der Waals surface area contributed by atoms with Crippen LogP contribution in [0.5, 0.6) is 0 Å². The summed E-state index contributed by atoms with van der Waals surface area (Å²) in [6, 6.07) is 14.3. The second-order valence-electron chi connectivity index (χ2n) is 5.59. The molecule has 0 bridgehead atoms. The molecule has 21 heavy (non-hydrogen) atoms. The summed E-state index contributed by atoms with van der Waals surface area (Å²) in [5.41, 5.74) is 2.69. The largest absolute Gasteiger partial charge is 0.365 e. The molecule has 1 aliphatic carbocycles. The van der Waals surface area contributed by atoms with Crippen LogP contribution < -0.4 is 9.80 Å². The Morgan fingerprint density at radius 3 is 2.48 bits per heavy atom. The van der Waals surface area contributed by atoms with Gasteiger partial charge in [0.25, 0.3) is 5.91 Å². The zero-order valence-electron chi connectivity index (χ0n) is 11.8. The van der Waals surface area contributed by atoms with E-state index in [1.165, 1.54) is 18.5 Å². The summed E-state index contributed by atoms with van der Waals surface area (Å²) in [4.78, 5) is 21.2. The molecule has 106 valence electrons. The number of nitrogens with zero attached hydrogens (tertiary/aromatic N) is 3. The normalized spacial score (nSPS) is 17.5. The Morgan fingerprint density at radius 2 is 1.76 bits per heavy atom. The van der Waals surface area contributed by atoms with Crippen molar-refractivity contribution in [1.82, 2.24) is 4.98 Å². The van der Waals surface area contributed by atoms with Crippen molar-refractivity contribution < 1.29 is 4.79 Å². The van der Waals surface area contributed by atoms with E-state index in [1.54, 1.807) is 12.3 Å². The molecule has 2 heterocycles. The van der Waals surface area contributed by atoms with Crippen LogP contribution in [0, 0.1) is 0 Å². The van der Waals surface area contributed by atoms with E-state index >= 15 is 0 Å². The minimum atomic E-state index is -0.0153. The fraction of sp³-hybridized carbons (Fsp3) is 0.294. The number of pyridine rings is 1. The number of fused-ring (bicyclic) bond motifs is 1. The second kappa shape index (κ2) is 4.88. The lowest BCUT2D eigenvalue weighted by atomic mass is 10.1. The van der Waals surface area contributed by atoms with E-state index < -0.39 is 0 Å². The summed E-state index contributed by atoms with van der Waals surface area (Å²) in [5.74, 6) is -0.0153. The third-order valence-electron chi connectivity index (χ3n) is 4.16. The highest BCUT2D eigenvalue weighted by Crippen LogP contribution is 2.40. The molecule has 4 rings (SSSR count). The molecule has 0 spiro atoms. The molecule has 1 aliphatic heterocycles. The second-order valence-corrected chi connectivity index (χ2v) is 5.59. The standard InChI is InChI=1S/C17H17N3O/c21-17(14-5-3-4-10-18-14)20-12-11-19(13-8-9-13)15-6-1-2-7-16(15)20/h1-7,10,13H,8-9,11-12H2. The van der Waals surface area contributed by atoms with E-state index in [-0.39, 0.29) is 5.91 Å². The van der Waals surface area contributed by atoms with Crippen molar-refractivity contribution in [1.29, 1.82) is 0 Å². The lowest BCUT2D eigenvalue weighted by molar-refractivity contribution is 0.0982. The predicted octanol–water partition coefficient (Wildman–Crippen LogP) is 2.71. The Bertz CT molecular complexity index is 667. The van der Waals surface area contributed by atoms with Gasteiger partial charge in [-0.05, 0) is 37.1 Å². The van der Waals surface area contributed by atoms with Gasteiger partial charge in [-0.2, -0.15) is 0 Å². The number of benzene rings is 1. The summed E-state index contributed by atoms with van der Waals surface area (Å²) in [5, 5.41) is 0. The van der Waals surface area contributed by atoms with Gasteiger partial charge < -0.3 is 9.80 Å². The average molecular weight is 279 g/mol. The van der Waals surface area contributed by atoms with Crippen molar-refractivity contribution in [2.45, 2.75) is 18.9 Å². The quantitative estimate of drug-likeness (QED) is 0.848. The molecular formula is C17H17N3O. The molecule has 1 amide bonds. The summed E-state index contributed by atoms with van der Waals surface area (Å²) in [7, 11) is 0. The Hall–Kier alpha value is -2.36. The van der Waals surface area contributed by atoms with Crippen LogP contribution in [0.3, 0.4) is 0 Å². The molecule has 0 unspecified atom stereocenters. The molecule has 0 saturated heterocycles. The van der Waals surface area contributed by atoms with Crippen LogP contribution in [0.4, 0.5) is 11.4 Å². The molecular weight excluding hydrogens is 262 g/mol. The fourth-order valence-electron chi connectivity index (χ4n) is 2.99. The van der Waals surface area contributed by atoms with Gasteiger partial charge >= 0.3 is 0 Å². The molecule has 0 radical (unpaired) electrons. The van der Waals surface area contributed by atoms with Gasteiger partial charge in [0.2, 0.25) is 0 Å². The third-order valence-corrected chi connectivity index (χ3v) is 4.16. The summed E-state index contributed by atoms with van der Waals surface area (Å²) >= 11 is 0. The highest BCUT2D eigenvalue weighted by molar-refractivity contribution is 6.07. The molecule has 0 N–H and O–H groups in total. The van der Waals surface area contributed by atoms with Gasteiger partial charge in [0.05, 0.1) is 11.4 Å². The number of para-hydroxylation sites is 2. The molecule has 1 saturated carbocycles. The van der Waals surface area contributed by atoms with Crippen molar-refractivity contribution in [2.75, 3.05) is 22.9 Å². The first-order valence-corrected chi connectivity index (χ1v) is 7.43. The smallest absolute Gasteiger partial charge is 0.276 e. The first-order chi connectivity index (χ1) is 10.3.